The average molecular weight is 358 g/mol. The number of nitrogens with one attached hydrogen (secondary N) is 1. The third-order valence-electron chi connectivity index (χ3n) is 4.23. The summed E-state index contributed by atoms with van der Waals surface area (Å²) in [4.78, 5) is 37.6. The molecule has 1 aliphatic heterocycles. The lowest BCUT2D eigenvalue weighted by molar-refractivity contribution is -0.128. The lowest BCUT2D eigenvalue weighted by Crippen LogP contribution is -2.28. The predicted molar refractivity (Wildman–Crippen MR) is 90.8 cm³/mol. The average Bonchev–Trinajstić information content (AvgIpc) is 3.25. The first-order valence-corrected chi connectivity index (χ1v) is 8.00. The maximum Gasteiger partial charge on any atom is 0.337 e. The number of benzene rings is 1. The van der Waals surface area contributed by atoms with Crippen LogP contribution >= 0.6 is 0 Å². The van der Waals surface area contributed by atoms with E-state index < -0.39 is 17.8 Å². The van der Waals surface area contributed by atoms with Gasteiger partial charge in [-0.1, -0.05) is 0 Å². The van der Waals surface area contributed by atoms with Gasteiger partial charge in [-0.15, -0.1) is 0 Å². The molecule has 2 aromatic rings. The summed E-state index contributed by atoms with van der Waals surface area (Å²) in [5.41, 5.74) is 0.0923. The molecule has 1 saturated heterocycles. The maximum absolute atomic E-state index is 12.5. The van der Waals surface area contributed by atoms with Gasteiger partial charge in [0.1, 0.15) is 11.5 Å². The van der Waals surface area contributed by atoms with E-state index in [0.29, 0.717) is 18.1 Å². The van der Waals surface area contributed by atoms with Crippen LogP contribution in [-0.4, -0.2) is 41.4 Å². The molecule has 2 N–H and O–H groups in total. The van der Waals surface area contributed by atoms with Crippen LogP contribution in [0.4, 0.5) is 5.69 Å². The van der Waals surface area contributed by atoms with Crippen molar-refractivity contribution in [1.82, 2.24) is 4.90 Å². The summed E-state index contributed by atoms with van der Waals surface area (Å²) in [7, 11) is 1.43. The summed E-state index contributed by atoms with van der Waals surface area (Å²) in [5.74, 6) is -1.26. The van der Waals surface area contributed by atoms with E-state index in [1.54, 1.807) is 23.1 Å². The first-order chi connectivity index (χ1) is 12.5. The van der Waals surface area contributed by atoms with Crippen molar-refractivity contribution in [1.29, 1.82) is 0 Å². The van der Waals surface area contributed by atoms with E-state index in [1.165, 1.54) is 25.5 Å². The molecule has 0 radical (unpaired) electrons. The molecule has 0 aliphatic carbocycles. The quantitative estimate of drug-likeness (QED) is 0.817. The maximum atomic E-state index is 12.5. The fourth-order valence-corrected chi connectivity index (χ4v) is 2.86. The van der Waals surface area contributed by atoms with Crippen LogP contribution in [0.15, 0.2) is 41.0 Å². The van der Waals surface area contributed by atoms with Crippen molar-refractivity contribution in [3.63, 3.8) is 0 Å². The molecule has 0 bridgehead atoms. The molecule has 0 spiro atoms. The largest absolute Gasteiger partial charge is 0.497 e. The number of carboxylic acid groups (broad SMARTS) is 1. The molecule has 1 fully saturated rings. The SMILES string of the molecule is COc1ccc(NC(=O)C2CC(=O)N(Cc3ccco3)C2)c(C(=O)O)c1. The van der Waals surface area contributed by atoms with Crippen LogP contribution in [0.1, 0.15) is 22.5 Å². The van der Waals surface area contributed by atoms with Gasteiger partial charge in [0.05, 0.1) is 37.1 Å². The molecule has 8 heteroatoms. The third-order valence-corrected chi connectivity index (χ3v) is 4.23. The minimum Gasteiger partial charge on any atom is -0.497 e. The van der Waals surface area contributed by atoms with Gasteiger partial charge < -0.3 is 24.5 Å². The van der Waals surface area contributed by atoms with Crippen LogP contribution in [-0.2, 0) is 16.1 Å². The monoisotopic (exact) mass is 358 g/mol. The van der Waals surface area contributed by atoms with Crippen molar-refractivity contribution in [2.24, 2.45) is 5.92 Å². The van der Waals surface area contributed by atoms with Crippen molar-refractivity contribution in [2.45, 2.75) is 13.0 Å². The summed E-state index contributed by atoms with van der Waals surface area (Å²) in [6.07, 6.45) is 1.60. The fraction of sp³-hybridized carbons (Fsp3) is 0.278. The highest BCUT2D eigenvalue weighted by Crippen LogP contribution is 2.25. The van der Waals surface area contributed by atoms with E-state index in [2.05, 4.69) is 5.32 Å². The second-order valence-electron chi connectivity index (χ2n) is 5.96. The number of likely N-dealkylation sites (tertiary alicyclic amines) is 1. The van der Waals surface area contributed by atoms with Gasteiger partial charge in [-0.2, -0.15) is 0 Å². The standard InChI is InChI=1S/C18H18N2O6/c1-25-12-4-5-15(14(8-12)18(23)24)19-17(22)11-7-16(21)20(9-11)10-13-3-2-6-26-13/h2-6,8,11H,7,9-10H2,1H3,(H,19,22)(H,23,24). The predicted octanol–water partition coefficient (Wildman–Crippen LogP) is 1.97. The smallest absolute Gasteiger partial charge is 0.337 e. The zero-order valence-corrected chi connectivity index (χ0v) is 14.1. The molecule has 1 aromatic heterocycles. The van der Waals surface area contributed by atoms with Gasteiger partial charge in [0.25, 0.3) is 0 Å². The topological polar surface area (TPSA) is 109 Å². The molecule has 136 valence electrons. The number of aromatic carboxylic acids is 1. The van der Waals surface area contributed by atoms with E-state index in [-0.39, 0.29) is 30.1 Å². The van der Waals surface area contributed by atoms with Crippen molar-refractivity contribution in [3.05, 3.63) is 47.9 Å². The van der Waals surface area contributed by atoms with Gasteiger partial charge in [-0.3, -0.25) is 9.59 Å². The highest BCUT2D eigenvalue weighted by atomic mass is 16.5. The van der Waals surface area contributed by atoms with Crippen molar-refractivity contribution < 1.29 is 28.6 Å². The molecule has 26 heavy (non-hydrogen) atoms. The number of hydrogen-bond donors (Lipinski definition) is 2. The van der Waals surface area contributed by atoms with Gasteiger partial charge in [0.15, 0.2) is 0 Å². The van der Waals surface area contributed by atoms with E-state index in [4.69, 9.17) is 9.15 Å². The number of amides is 2. The van der Waals surface area contributed by atoms with Crippen LogP contribution in [0.3, 0.4) is 0 Å². The Labute approximate surface area is 149 Å². The second kappa shape index (κ2) is 7.30. The van der Waals surface area contributed by atoms with Gasteiger partial charge in [-0.05, 0) is 30.3 Å². The Morgan fingerprint density at radius 1 is 1.38 bits per heavy atom. The number of carbonyl (C=O) groups is 3. The Kier molecular flexibility index (Phi) is 4.92. The zero-order valence-electron chi connectivity index (χ0n) is 14.1. The van der Waals surface area contributed by atoms with Gasteiger partial charge in [-0.25, -0.2) is 4.79 Å². The summed E-state index contributed by atoms with van der Waals surface area (Å²) in [5, 5.41) is 11.9. The molecule has 2 heterocycles. The third kappa shape index (κ3) is 3.69. The molecule has 0 saturated carbocycles. The van der Waals surface area contributed by atoms with Crippen LogP contribution in [0, 0.1) is 5.92 Å². The lowest BCUT2D eigenvalue weighted by atomic mass is 10.1. The summed E-state index contributed by atoms with van der Waals surface area (Å²) in [6.45, 7) is 0.558. The van der Waals surface area contributed by atoms with Crippen LogP contribution < -0.4 is 10.1 Å². The molecule has 8 nitrogen and oxygen atoms in total. The Balaban J connectivity index is 1.69. The highest BCUT2D eigenvalue weighted by Gasteiger charge is 2.35. The first kappa shape index (κ1) is 17.5. The van der Waals surface area contributed by atoms with Crippen LogP contribution in [0.25, 0.3) is 0 Å². The van der Waals surface area contributed by atoms with E-state index in [0.717, 1.165) is 0 Å². The molecule has 1 atom stereocenters. The number of furan rings is 1. The Bertz CT molecular complexity index is 830. The normalized spacial score (nSPS) is 16.6. The molecular weight excluding hydrogens is 340 g/mol. The van der Waals surface area contributed by atoms with Gasteiger partial charge in [0, 0.05) is 13.0 Å². The Hall–Kier alpha value is -3.29. The number of methoxy groups -OCH3 is 1. The molecular formula is C18H18N2O6. The van der Waals surface area contributed by atoms with Crippen LogP contribution in [0.5, 0.6) is 5.75 Å². The number of rotatable bonds is 6. The van der Waals surface area contributed by atoms with Gasteiger partial charge in [0.2, 0.25) is 11.8 Å². The molecule has 1 unspecified atom stereocenters. The number of nitrogens with zero attached hydrogens (tertiary/aromatic N) is 1. The minimum atomic E-state index is -1.18. The van der Waals surface area contributed by atoms with Crippen molar-refractivity contribution in [2.75, 3.05) is 19.0 Å². The zero-order chi connectivity index (χ0) is 18.7. The molecule has 3 rings (SSSR count). The van der Waals surface area contributed by atoms with Gasteiger partial charge >= 0.3 is 5.97 Å². The summed E-state index contributed by atoms with van der Waals surface area (Å²) < 4.78 is 10.2. The summed E-state index contributed by atoms with van der Waals surface area (Å²) in [6, 6.07) is 7.86. The Morgan fingerprint density at radius 3 is 2.85 bits per heavy atom. The van der Waals surface area contributed by atoms with Crippen molar-refractivity contribution in [3.8, 4) is 5.75 Å². The lowest BCUT2D eigenvalue weighted by Gasteiger charge is -2.15. The van der Waals surface area contributed by atoms with Crippen molar-refractivity contribution >= 4 is 23.5 Å². The molecule has 1 aliphatic rings. The minimum absolute atomic E-state index is 0.0745. The number of carbonyl (C=O) groups excluding carboxylic acids is 2. The number of anilines is 1. The van der Waals surface area contributed by atoms with E-state index in [9.17, 15) is 19.5 Å². The summed E-state index contributed by atoms with van der Waals surface area (Å²) >= 11 is 0. The highest BCUT2D eigenvalue weighted by molar-refractivity contribution is 6.03. The first-order valence-electron chi connectivity index (χ1n) is 8.00. The van der Waals surface area contributed by atoms with Crippen LogP contribution in [0.2, 0.25) is 0 Å². The number of ether oxygens (including phenoxy) is 1. The molecule has 1 aromatic carbocycles. The Morgan fingerprint density at radius 2 is 2.19 bits per heavy atom. The fourth-order valence-electron chi connectivity index (χ4n) is 2.86. The number of carboxylic acids is 1. The molecule has 2 amide bonds. The second-order valence-corrected chi connectivity index (χ2v) is 5.96. The van der Waals surface area contributed by atoms with E-state index >= 15 is 0 Å². The van der Waals surface area contributed by atoms with E-state index in [1.807, 2.05) is 0 Å². The number of hydrogen-bond acceptors (Lipinski definition) is 5.